The van der Waals surface area contributed by atoms with E-state index in [0.717, 1.165) is 13.0 Å². The number of benzene rings is 1. The molecule has 7 heteroatoms. The lowest BCUT2D eigenvalue weighted by Gasteiger charge is -2.11. The van der Waals surface area contributed by atoms with Gasteiger partial charge in [0.1, 0.15) is 5.82 Å². The molecule has 2 N–H and O–H groups in total. The summed E-state index contributed by atoms with van der Waals surface area (Å²) in [6, 6.07) is 2.73. The molecule has 0 amide bonds. The molecule has 0 unspecified atom stereocenters. The molecular formula is C12H18BrFN2O2S. The second-order valence-electron chi connectivity index (χ2n) is 4.31. The Morgan fingerprint density at radius 1 is 1.32 bits per heavy atom. The van der Waals surface area contributed by atoms with Crippen molar-refractivity contribution in [3.63, 3.8) is 0 Å². The number of hydrogen-bond donors (Lipinski definition) is 2. The van der Waals surface area contributed by atoms with E-state index in [1.54, 1.807) is 6.92 Å². The number of rotatable bonds is 7. The Morgan fingerprint density at radius 2 is 2.00 bits per heavy atom. The number of hydrogen-bond acceptors (Lipinski definition) is 3. The summed E-state index contributed by atoms with van der Waals surface area (Å²) in [7, 11) is -1.56. The molecule has 1 aromatic rings. The fourth-order valence-electron chi connectivity index (χ4n) is 1.57. The number of anilines is 1. The second kappa shape index (κ2) is 7.21. The lowest BCUT2D eigenvalue weighted by atomic mass is 10.2. The second-order valence-corrected chi connectivity index (χ2v) is 7.01. The Labute approximate surface area is 122 Å². The van der Waals surface area contributed by atoms with Crippen LogP contribution in [-0.4, -0.2) is 27.8 Å². The number of halogens is 2. The maximum absolute atomic E-state index is 13.2. The van der Waals surface area contributed by atoms with Crippen LogP contribution < -0.4 is 10.0 Å². The molecule has 0 saturated heterocycles. The molecule has 0 aromatic heterocycles. The van der Waals surface area contributed by atoms with Gasteiger partial charge in [-0.05, 0) is 67.0 Å². The van der Waals surface area contributed by atoms with E-state index >= 15 is 0 Å². The van der Waals surface area contributed by atoms with Gasteiger partial charge >= 0.3 is 0 Å². The summed E-state index contributed by atoms with van der Waals surface area (Å²) >= 11 is 3.04. The monoisotopic (exact) mass is 352 g/mol. The number of unbranched alkanes of at least 4 members (excludes halogenated alkanes) is 1. The first-order valence-corrected chi connectivity index (χ1v) is 8.41. The van der Waals surface area contributed by atoms with Crippen LogP contribution in [-0.2, 0) is 10.0 Å². The zero-order valence-corrected chi connectivity index (χ0v) is 13.4. The van der Waals surface area contributed by atoms with E-state index in [1.807, 2.05) is 7.05 Å². The van der Waals surface area contributed by atoms with Crippen molar-refractivity contribution in [2.24, 2.45) is 0 Å². The Kier molecular flexibility index (Phi) is 6.22. The third kappa shape index (κ3) is 5.46. The lowest BCUT2D eigenvalue weighted by molar-refractivity contribution is 0.594. The number of sulfonamides is 1. The minimum absolute atomic E-state index is 0.0586. The van der Waals surface area contributed by atoms with E-state index in [9.17, 15) is 12.8 Å². The average molecular weight is 353 g/mol. The van der Waals surface area contributed by atoms with Crippen molar-refractivity contribution in [1.29, 1.82) is 0 Å². The Bertz CT molecular complexity index is 535. The van der Waals surface area contributed by atoms with Crippen molar-refractivity contribution in [3.8, 4) is 0 Å². The molecule has 1 aromatic carbocycles. The summed E-state index contributed by atoms with van der Waals surface area (Å²) in [6.45, 7) is 2.45. The average Bonchev–Trinajstić information content (AvgIpc) is 2.31. The van der Waals surface area contributed by atoms with Gasteiger partial charge in [0.2, 0.25) is 10.0 Å². The van der Waals surface area contributed by atoms with E-state index in [-0.39, 0.29) is 10.2 Å². The van der Waals surface area contributed by atoms with Crippen LogP contribution in [0, 0.1) is 12.7 Å². The Hall–Kier alpha value is -0.660. The van der Waals surface area contributed by atoms with Crippen LogP contribution in [0.4, 0.5) is 10.1 Å². The predicted octanol–water partition coefficient (Wildman–Crippen LogP) is 2.64. The summed E-state index contributed by atoms with van der Waals surface area (Å²) in [5.41, 5.74) is 0.960. The van der Waals surface area contributed by atoms with E-state index in [4.69, 9.17) is 0 Å². The van der Waals surface area contributed by atoms with Crippen molar-refractivity contribution in [3.05, 3.63) is 28.0 Å². The van der Waals surface area contributed by atoms with E-state index in [1.165, 1.54) is 12.1 Å². The van der Waals surface area contributed by atoms with Crippen LogP contribution in [0.2, 0.25) is 0 Å². The highest BCUT2D eigenvalue weighted by atomic mass is 79.9. The maximum Gasteiger partial charge on any atom is 0.232 e. The number of aryl methyl sites for hydroxylation is 1. The smallest absolute Gasteiger partial charge is 0.232 e. The van der Waals surface area contributed by atoms with Crippen LogP contribution in [0.1, 0.15) is 18.4 Å². The van der Waals surface area contributed by atoms with Gasteiger partial charge < -0.3 is 5.32 Å². The van der Waals surface area contributed by atoms with Gasteiger partial charge in [0.15, 0.2) is 0 Å². The molecule has 1 rings (SSSR count). The lowest BCUT2D eigenvalue weighted by Crippen LogP contribution is -2.18. The van der Waals surface area contributed by atoms with Crippen molar-refractivity contribution in [2.75, 3.05) is 24.1 Å². The van der Waals surface area contributed by atoms with Crippen LogP contribution in [0.5, 0.6) is 0 Å². The first-order chi connectivity index (χ1) is 8.85. The van der Waals surface area contributed by atoms with Gasteiger partial charge in [0, 0.05) is 0 Å². The summed E-state index contributed by atoms with van der Waals surface area (Å²) < 4.78 is 39.7. The summed E-state index contributed by atoms with van der Waals surface area (Å²) in [6.07, 6.45) is 1.38. The fraction of sp³-hybridized carbons (Fsp3) is 0.500. The Morgan fingerprint density at radius 3 is 2.63 bits per heavy atom. The van der Waals surface area contributed by atoms with Gasteiger partial charge in [-0.25, -0.2) is 12.8 Å². The molecule has 0 aliphatic rings. The van der Waals surface area contributed by atoms with Crippen LogP contribution >= 0.6 is 15.9 Å². The highest BCUT2D eigenvalue weighted by Crippen LogP contribution is 2.25. The molecule has 0 spiro atoms. The van der Waals surface area contributed by atoms with Crippen molar-refractivity contribution < 1.29 is 12.8 Å². The highest BCUT2D eigenvalue weighted by Gasteiger charge is 2.13. The van der Waals surface area contributed by atoms with E-state index in [0.29, 0.717) is 17.7 Å². The summed E-state index contributed by atoms with van der Waals surface area (Å²) in [5.74, 6) is -0.349. The largest absolute Gasteiger partial charge is 0.320 e. The molecule has 0 radical (unpaired) electrons. The summed E-state index contributed by atoms with van der Waals surface area (Å²) in [5, 5.41) is 2.96. The van der Waals surface area contributed by atoms with Crippen molar-refractivity contribution >= 4 is 31.6 Å². The van der Waals surface area contributed by atoms with Gasteiger partial charge in [-0.3, -0.25) is 4.72 Å². The van der Waals surface area contributed by atoms with Crippen LogP contribution in [0.3, 0.4) is 0 Å². The van der Waals surface area contributed by atoms with Crippen molar-refractivity contribution in [1.82, 2.24) is 5.32 Å². The zero-order chi connectivity index (χ0) is 14.5. The quantitative estimate of drug-likeness (QED) is 0.741. The normalized spacial score (nSPS) is 11.6. The molecule has 4 nitrogen and oxygen atoms in total. The Balaban J connectivity index is 2.70. The van der Waals surface area contributed by atoms with Crippen LogP contribution in [0.15, 0.2) is 16.6 Å². The molecule has 19 heavy (non-hydrogen) atoms. The van der Waals surface area contributed by atoms with Gasteiger partial charge in [0.05, 0.1) is 15.9 Å². The topological polar surface area (TPSA) is 58.2 Å². The third-order valence-corrected chi connectivity index (χ3v) is 4.59. The third-order valence-electron chi connectivity index (χ3n) is 2.62. The maximum atomic E-state index is 13.2. The minimum atomic E-state index is -3.39. The SMILES string of the molecule is CNCCCCS(=O)(=O)Nc1cc(Br)c(F)cc1C. The first kappa shape index (κ1) is 16.4. The molecule has 0 aliphatic carbocycles. The van der Waals surface area contributed by atoms with Gasteiger partial charge in [-0.2, -0.15) is 0 Å². The van der Waals surface area contributed by atoms with Gasteiger partial charge in [0.25, 0.3) is 0 Å². The van der Waals surface area contributed by atoms with Crippen molar-refractivity contribution in [2.45, 2.75) is 19.8 Å². The molecule has 0 aliphatic heterocycles. The molecule has 108 valence electrons. The van der Waals surface area contributed by atoms with E-state index < -0.39 is 15.8 Å². The summed E-state index contributed by atoms with van der Waals surface area (Å²) in [4.78, 5) is 0. The molecule has 0 atom stereocenters. The van der Waals surface area contributed by atoms with E-state index in [2.05, 4.69) is 26.0 Å². The van der Waals surface area contributed by atoms with Gasteiger partial charge in [-0.1, -0.05) is 0 Å². The molecular weight excluding hydrogens is 335 g/mol. The van der Waals surface area contributed by atoms with Crippen LogP contribution in [0.25, 0.3) is 0 Å². The zero-order valence-electron chi connectivity index (χ0n) is 11.0. The molecule has 0 heterocycles. The first-order valence-electron chi connectivity index (χ1n) is 5.96. The number of nitrogens with one attached hydrogen (secondary N) is 2. The predicted molar refractivity (Wildman–Crippen MR) is 79.4 cm³/mol. The fourth-order valence-corrected chi connectivity index (χ4v) is 3.15. The minimum Gasteiger partial charge on any atom is -0.320 e. The molecule has 0 fully saturated rings. The standard InChI is InChI=1S/C12H18BrFN2O2S/c1-9-7-11(14)10(13)8-12(9)16-19(17,18)6-4-3-5-15-2/h7-8,15-16H,3-6H2,1-2H3. The molecule has 0 saturated carbocycles. The molecule has 0 bridgehead atoms. The van der Waals surface area contributed by atoms with Gasteiger partial charge in [-0.15, -0.1) is 0 Å². The highest BCUT2D eigenvalue weighted by molar-refractivity contribution is 9.10.